The van der Waals surface area contributed by atoms with Crippen molar-refractivity contribution < 1.29 is 19.1 Å². The smallest absolute Gasteiger partial charge is 0.341 e. The van der Waals surface area contributed by atoms with Crippen LogP contribution in [0.2, 0.25) is 0 Å². The molecule has 4 atom stereocenters. The molecule has 0 saturated heterocycles. The lowest BCUT2D eigenvalue weighted by atomic mass is 9.74. The highest BCUT2D eigenvalue weighted by Gasteiger charge is 2.52. The van der Waals surface area contributed by atoms with E-state index in [-0.39, 0.29) is 23.4 Å². The highest BCUT2D eigenvalue weighted by molar-refractivity contribution is 7.17. The second-order valence-corrected chi connectivity index (χ2v) is 8.87. The van der Waals surface area contributed by atoms with Gasteiger partial charge in [-0.3, -0.25) is 4.79 Å². The predicted molar refractivity (Wildman–Crippen MR) is 95.7 cm³/mol. The molecule has 1 aromatic rings. The summed E-state index contributed by atoms with van der Waals surface area (Å²) >= 11 is 1.45. The standard InChI is InChI=1S/C19H25NO4S/c1-4-23-17(21)15-14-10(2)24-9-13(14)25-16(15)20-18(22)19(3)8-11-5-6-12(19)7-11/h10-12H,4-9H2,1-3H3,(H,20,22)/t10?,11-,12-,19+/m0/s1. The van der Waals surface area contributed by atoms with Crippen LogP contribution in [0.1, 0.15) is 73.4 Å². The summed E-state index contributed by atoms with van der Waals surface area (Å²) in [6.45, 7) is 6.62. The summed E-state index contributed by atoms with van der Waals surface area (Å²) in [6.07, 6.45) is 4.38. The Labute approximate surface area is 152 Å². The van der Waals surface area contributed by atoms with Crippen LogP contribution in [0.5, 0.6) is 0 Å². The number of hydrogen-bond acceptors (Lipinski definition) is 5. The van der Waals surface area contributed by atoms with Crippen molar-refractivity contribution in [3.8, 4) is 0 Å². The number of thiophene rings is 1. The van der Waals surface area contributed by atoms with Crippen molar-refractivity contribution >= 4 is 28.2 Å². The van der Waals surface area contributed by atoms with Crippen LogP contribution in [-0.2, 0) is 20.9 Å². The molecule has 136 valence electrons. The zero-order valence-corrected chi connectivity index (χ0v) is 15.8. The number of anilines is 1. The van der Waals surface area contributed by atoms with Crippen molar-refractivity contribution in [2.75, 3.05) is 11.9 Å². The van der Waals surface area contributed by atoms with Gasteiger partial charge < -0.3 is 14.8 Å². The van der Waals surface area contributed by atoms with E-state index in [2.05, 4.69) is 12.2 Å². The van der Waals surface area contributed by atoms with E-state index in [1.54, 1.807) is 6.92 Å². The number of ether oxygens (including phenoxy) is 2. The van der Waals surface area contributed by atoms with Gasteiger partial charge in [0.25, 0.3) is 0 Å². The monoisotopic (exact) mass is 363 g/mol. The Hall–Kier alpha value is -1.40. The van der Waals surface area contributed by atoms with Crippen molar-refractivity contribution in [3.63, 3.8) is 0 Å². The Morgan fingerprint density at radius 2 is 2.20 bits per heavy atom. The van der Waals surface area contributed by atoms with Crippen molar-refractivity contribution in [2.45, 2.75) is 59.2 Å². The summed E-state index contributed by atoms with van der Waals surface area (Å²) in [5, 5.41) is 3.72. The van der Waals surface area contributed by atoms with Gasteiger partial charge in [0, 0.05) is 15.9 Å². The molecule has 6 heteroatoms. The highest BCUT2D eigenvalue weighted by Crippen LogP contribution is 2.56. The molecular formula is C19H25NO4S. The Morgan fingerprint density at radius 1 is 1.40 bits per heavy atom. The molecule has 2 saturated carbocycles. The molecule has 25 heavy (non-hydrogen) atoms. The number of rotatable bonds is 4. The van der Waals surface area contributed by atoms with Gasteiger partial charge >= 0.3 is 5.97 Å². The molecule has 2 bridgehead atoms. The number of fused-ring (bicyclic) bond motifs is 3. The minimum Gasteiger partial charge on any atom is -0.462 e. The van der Waals surface area contributed by atoms with Crippen molar-refractivity contribution in [3.05, 3.63) is 16.0 Å². The lowest BCUT2D eigenvalue weighted by Crippen LogP contribution is -2.38. The van der Waals surface area contributed by atoms with Crippen molar-refractivity contribution in [1.82, 2.24) is 0 Å². The quantitative estimate of drug-likeness (QED) is 0.811. The summed E-state index contributed by atoms with van der Waals surface area (Å²) in [6, 6.07) is 0. The second-order valence-electron chi connectivity index (χ2n) is 7.77. The lowest BCUT2D eigenvalue weighted by molar-refractivity contribution is -0.127. The molecule has 0 aromatic carbocycles. The molecular weight excluding hydrogens is 338 g/mol. The Kier molecular flexibility index (Phi) is 4.15. The van der Waals surface area contributed by atoms with Gasteiger partial charge in [-0.2, -0.15) is 0 Å². The van der Waals surface area contributed by atoms with E-state index in [9.17, 15) is 9.59 Å². The number of nitrogens with one attached hydrogen (secondary N) is 1. The molecule has 5 nitrogen and oxygen atoms in total. The first kappa shape index (κ1) is 17.0. The highest BCUT2D eigenvalue weighted by atomic mass is 32.1. The van der Waals surface area contributed by atoms with Crippen LogP contribution in [0.25, 0.3) is 0 Å². The summed E-state index contributed by atoms with van der Waals surface area (Å²) < 4.78 is 10.9. The maximum absolute atomic E-state index is 13.1. The third kappa shape index (κ3) is 2.61. The van der Waals surface area contributed by atoms with E-state index in [0.29, 0.717) is 35.6 Å². The fourth-order valence-electron chi connectivity index (χ4n) is 4.94. The normalized spacial score (nSPS) is 32.7. The molecule has 1 unspecified atom stereocenters. The summed E-state index contributed by atoms with van der Waals surface area (Å²) in [5.74, 6) is 0.842. The van der Waals surface area contributed by atoms with Gasteiger partial charge in [-0.1, -0.05) is 13.3 Å². The summed E-state index contributed by atoms with van der Waals surface area (Å²) in [4.78, 5) is 26.6. The molecule has 2 fully saturated rings. The minimum absolute atomic E-state index is 0.0544. The van der Waals surface area contributed by atoms with Gasteiger partial charge in [-0.05, 0) is 44.9 Å². The number of amides is 1. The Balaban J connectivity index is 1.63. The van der Waals surface area contributed by atoms with Crippen LogP contribution >= 0.6 is 11.3 Å². The number of carbonyl (C=O) groups excluding carboxylic acids is 2. The molecule has 4 rings (SSSR count). The van der Waals surface area contributed by atoms with E-state index in [0.717, 1.165) is 23.3 Å². The Morgan fingerprint density at radius 3 is 2.84 bits per heavy atom. The first-order chi connectivity index (χ1) is 11.9. The van der Waals surface area contributed by atoms with Crippen LogP contribution < -0.4 is 5.32 Å². The van der Waals surface area contributed by atoms with Crippen LogP contribution in [0, 0.1) is 17.3 Å². The third-order valence-electron chi connectivity index (χ3n) is 6.27. The third-order valence-corrected chi connectivity index (χ3v) is 7.37. The SMILES string of the molecule is CCOC(=O)c1c(NC(=O)[C@]2(C)C[C@H]3CC[C@H]2C3)sc2c1C(C)OC2. The van der Waals surface area contributed by atoms with Gasteiger partial charge in [0.2, 0.25) is 5.91 Å². The van der Waals surface area contributed by atoms with E-state index >= 15 is 0 Å². The second kappa shape index (κ2) is 6.09. The fourth-order valence-corrected chi connectivity index (χ4v) is 6.13. The lowest BCUT2D eigenvalue weighted by Gasteiger charge is -2.32. The zero-order chi connectivity index (χ0) is 17.8. The van der Waals surface area contributed by atoms with E-state index < -0.39 is 0 Å². The van der Waals surface area contributed by atoms with E-state index in [4.69, 9.17) is 9.47 Å². The Bertz CT molecular complexity index is 727. The number of carbonyl (C=O) groups is 2. The molecule has 1 amide bonds. The van der Waals surface area contributed by atoms with Crippen molar-refractivity contribution in [1.29, 1.82) is 0 Å². The van der Waals surface area contributed by atoms with Crippen LogP contribution in [-0.4, -0.2) is 18.5 Å². The molecule has 2 aliphatic carbocycles. The average Bonchev–Trinajstić information content (AvgIpc) is 3.30. The zero-order valence-electron chi connectivity index (χ0n) is 15.0. The van der Waals surface area contributed by atoms with Crippen LogP contribution in [0.4, 0.5) is 5.00 Å². The first-order valence-electron chi connectivity index (χ1n) is 9.19. The topological polar surface area (TPSA) is 64.6 Å². The molecule has 1 aromatic heterocycles. The first-order valence-corrected chi connectivity index (χ1v) is 10.0. The van der Waals surface area contributed by atoms with Gasteiger partial charge in [-0.25, -0.2) is 4.79 Å². The van der Waals surface area contributed by atoms with Gasteiger partial charge in [0.05, 0.1) is 19.3 Å². The summed E-state index contributed by atoms with van der Waals surface area (Å²) in [5.41, 5.74) is 1.06. The number of hydrogen-bond donors (Lipinski definition) is 1. The van der Waals surface area contributed by atoms with Crippen LogP contribution in [0.15, 0.2) is 0 Å². The fraction of sp³-hybridized carbons (Fsp3) is 0.684. The molecule has 0 spiro atoms. The van der Waals surface area contributed by atoms with Gasteiger partial charge in [0.1, 0.15) is 10.6 Å². The number of esters is 1. The molecule has 2 heterocycles. The predicted octanol–water partition coefficient (Wildman–Crippen LogP) is 4.28. The van der Waals surface area contributed by atoms with Gasteiger partial charge in [-0.15, -0.1) is 11.3 Å². The molecule has 1 N–H and O–H groups in total. The minimum atomic E-state index is -0.370. The van der Waals surface area contributed by atoms with E-state index in [1.165, 1.54) is 24.2 Å². The van der Waals surface area contributed by atoms with Gasteiger partial charge in [0.15, 0.2) is 0 Å². The maximum atomic E-state index is 13.1. The van der Waals surface area contributed by atoms with Crippen LogP contribution in [0.3, 0.4) is 0 Å². The summed E-state index contributed by atoms with van der Waals surface area (Å²) in [7, 11) is 0. The van der Waals surface area contributed by atoms with E-state index in [1.807, 2.05) is 6.92 Å². The maximum Gasteiger partial charge on any atom is 0.341 e. The molecule has 1 aliphatic heterocycles. The average molecular weight is 363 g/mol. The molecule has 3 aliphatic rings. The molecule has 0 radical (unpaired) electrons. The van der Waals surface area contributed by atoms with Crippen molar-refractivity contribution in [2.24, 2.45) is 17.3 Å². The largest absolute Gasteiger partial charge is 0.462 e.